The molecule has 7 nitrogen and oxygen atoms in total. The van der Waals surface area contributed by atoms with Crippen LogP contribution in [0.15, 0.2) is 41.5 Å². The van der Waals surface area contributed by atoms with Crippen molar-refractivity contribution in [1.82, 2.24) is 5.43 Å². The van der Waals surface area contributed by atoms with Crippen molar-refractivity contribution in [3.63, 3.8) is 0 Å². The summed E-state index contributed by atoms with van der Waals surface area (Å²) in [5.74, 6) is 2.36. The number of ether oxygens (including phenoxy) is 3. The zero-order chi connectivity index (χ0) is 22.1. The summed E-state index contributed by atoms with van der Waals surface area (Å²) in [6, 6.07) is 11.0. The molecule has 0 bridgehead atoms. The molecule has 1 fully saturated rings. The maximum Gasteiger partial charge on any atom is 0.332 e. The third kappa shape index (κ3) is 6.79. The Balaban J connectivity index is 1.51. The zero-order valence-electron chi connectivity index (χ0n) is 17.6. The molecular weight excluding hydrogens is 418 g/mol. The largest absolute Gasteiger partial charge is 0.493 e. The molecule has 0 radical (unpaired) electrons. The highest BCUT2D eigenvalue weighted by Crippen LogP contribution is 2.36. The van der Waals surface area contributed by atoms with E-state index in [1.165, 1.54) is 51.0 Å². The van der Waals surface area contributed by atoms with Gasteiger partial charge in [-0.05, 0) is 54.2 Å². The normalized spacial score (nSPS) is 14.4. The first-order chi connectivity index (χ1) is 15.1. The molecular formula is C23H28ClN3O4. The van der Waals surface area contributed by atoms with Gasteiger partial charge in [-0.15, -0.1) is 0 Å². The van der Waals surface area contributed by atoms with E-state index in [0.29, 0.717) is 41.2 Å². The maximum atomic E-state index is 10.7. The third-order valence-electron chi connectivity index (χ3n) is 5.20. The summed E-state index contributed by atoms with van der Waals surface area (Å²) in [6.45, 7) is 0.672. The third-order valence-corrected chi connectivity index (χ3v) is 5.48. The minimum Gasteiger partial charge on any atom is -0.493 e. The lowest BCUT2D eigenvalue weighted by atomic mass is 9.84. The molecule has 31 heavy (non-hydrogen) atoms. The number of primary amides is 1. The molecule has 0 atom stereocenters. The van der Waals surface area contributed by atoms with Crippen LogP contribution in [0.2, 0.25) is 5.02 Å². The van der Waals surface area contributed by atoms with Gasteiger partial charge in [0, 0.05) is 0 Å². The molecule has 2 aromatic rings. The number of hydrazone groups is 1. The molecule has 2 amide bonds. The number of benzene rings is 2. The Bertz CT molecular complexity index is 896. The monoisotopic (exact) mass is 445 g/mol. The molecule has 0 unspecified atom stereocenters. The Morgan fingerprint density at radius 1 is 1.16 bits per heavy atom. The van der Waals surface area contributed by atoms with Crippen molar-refractivity contribution in [3.05, 3.63) is 52.5 Å². The van der Waals surface area contributed by atoms with Gasteiger partial charge in [0.05, 0.1) is 18.3 Å². The number of nitrogens with two attached hydrogens (primary N) is 1. The van der Waals surface area contributed by atoms with Crippen LogP contribution in [0.1, 0.15) is 49.1 Å². The molecule has 0 aliphatic heterocycles. The van der Waals surface area contributed by atoms with Crippen LogP contribution in [0.25, 0.3) is 0 Å². The topological polar surface area (TPSA) is 95.2 Å². The van der Waals surface area contributed by atoms with Gasteiger partial charge in [0.25, 0.3) is 0 Å². The lowest BCUT2D eigenvalue weighted by Crippen LogP contribution is -2.24. The Morgan fingerprint density at radius 2 is 1.87 bits per heavy atom. The number of methoxy groups -OCH3 is 1. The minimum absolute atomic E-state index is 0.303. The van der Waals surface area contributed by atoms with E-state index in [4.69, 9.17) is 31.5 Å². The molecule has 1 saturated carbocycles. The van der Waals surface area contributed by atoms with Gasteiger partial charge in [-0.25, -0.2) is 10.2 Å². The lowest BCUT2D eigenvalue weighted by Gasteiger charge is -2.22. The van der Waals surface area contributed by atoms with Crippen molar-refractivity contribution < 1.29 is 19.0 Å². The van der Waals surface area contributed by atoms with Gasteiger partial charge in [0.2, 0.25) is 0 Å². The predicted octanol–water partition coefficient (Wildman–Crippen LogP) is 4.86. The van der Waals surface area contributed by atoms with Gasteiger partial charge in [0.1, 0.15) is 19.0 Å². The van der Waals surface area contributed by atoms with Crippen LogP contribution >= 0.6 is 11.6 Å². The lowest BCUT2D eigenvalue weighted by molar-refractivity contribution is 0.211. The number of carbonyl (C=O) groups excluding carboxylic acids is 1. The van der Waals surface area contributed by atoms with Crippen LogP contribution in [-0.2, 0) is 0 Å². The fourth-order valence-electron chi connectivity index (χ4n) is 3.70. The average molecular weight is 446 g/mol. The van der Waals surface area contributed by atoms with E-state index in [9.17, 15) is 4.79 Å². The highest BCUT2D eigenvalue weighted by atomic mass is 35.5. The van der Waals surface area contributed by atoms with Crippen molar-refractivity contribution in [1.29, 1.82) is 0 Å². The summed E-state index contributed by atoms with van der Waals surface area (Å²) in [7, 11) is 1.52. The molecule has 0 saturated heterocycles. The van der Waals surface area contributed by atoms with Crippen LogP contribution in [0.3, 0.4) is 0 Å². The highest BCUT2D eigenvalue weighted by Gasteiger charge is 2.15. The summed E-state index contributed by atoms with van der Waals surface area (Å²) in [6.07, 6.45) is 7.97. The van der Waals surface area contributed by atoms with E-state index >= 15 is 0 Å². The van der Waals surface area contributed by atoms with Crippen LogP contribution in [0.5, 0.6) is 17.2 Å². The second kappa shape index (κ2) is 11.5. The quantitative estimate of drug-likeness (QED) is 0.327. The van der Waals surface area contributed by atoms with Gasteiger partial charge >= 0.3 is 6.03 Å². The smallest absolute Gasteiger partial charge is 0.332 e. The van der Waals surface area contributed by atoms with Crippen LogP contribution in [-0.4, -0.2) is 32.6 Å². The molecule has 0 spiro atoms. The Labute approximate surface area is 187 Å². The van der Waals surface area contributed by atoms with E-state index in [1.54, 1.807) is 12.1 Å². The summed E-state index contributed by atoms with van der Waals surface area (Å²) in [5, 5.41) is 4.07. The first-order valence-corrected chi connectivity index (χ1v) is 10.8. The molecule has 2 aromatic carbocycles. The molecule has 166 valence electrons. The van der Waals surface area contributed by atoms with Crippen LogP contribution in [0, 0.1) is 0 Å². The summed E-state index contributed by atoms with van der Waals surface area (Å²) >= 11 is 6.32. The second-order valence-corrected chi connectivity index (χ2v) is 7.78. The van der Waals surface area contributed by atoms with Crippen molar-refractivity contribution in [2.24, 2.45) is 10.8 Å². The maximum absolute atomic E-state index is 10.7. The number of amides is 2. The number of nitrogens with one attached hydrogen (secondary N) is 1. The fraction of sp³-hybridized carbons (Fsp3) is 0.391. The van der Waals surface area contributed by atoms with E-state index < -0.39 is 6.03 Å². The van der Waals surface area contributed by atoms with E-state index in [2.05, 4.69) is 22.7 Å². The van der Waals surface area contributed by atoms with Gasteiger partial charge in [-0.1, -0.05) is 43.0 Å². The zero-order valence-corrected chi connectivity index (χ0v) is 18.4. The SMILES string of the molecule is COc1cc(/C=N\NC(N)=O)cc(Cl)c1OCCOc1ccc(C2CCCCC2)cc1. The summed E-state index contributed by atoms with van der Waals surface area (Å²) in [4.78, 5) is 10.7. The van der Waals surface area contributed by atoms with Gasteiger partial charge in [0.15, 0.2) is 11.5 Å². The molecule has 3 N–H and O–H groups in total. The molecule has 1 aliphatic carbocycles. The Kier molecular flexibility index (Phi) is 8.41. The highest BCUT2D eigenvalue weighted by molar-refractivity contribution is 6.32. The molecule has 0 aromatic heterocycles. The number of rotatable bonds is 9. The fourth-order valence-corrected chi connectivity index (χ4v) is 3.97. The van der Waals surface area contributed by atoms with E-state index in [-0.39, 0.29) is 0 Å². The Morgan fingerprint density at radius 3 is 2.55 bits per heavy atom. The van der Waals surface area contributed by atoms with E-state index in [0.717, 1.165) is 5.75 Å². The number of halogens is 1. The van der Waals surface area contributed by atoms with Gasteiger partial charge < -0.3 is 19.9 Å². The van der Waals surface area contributed by atoms with Gasteiger partial charge in [-0.2, -0.15) is 5.10 Å². The molecule has 8 heteroatoms. The first-order valence-electron chi connectivity index (χ1n) is 10.4. The minimum atomic E-state index is -0.752. The molecule has 3 rings (SSSR count). The average Bonchev–Trinajstić information content (AvgIpc) is 2.78. The standard InChI is InChI=1S/C23H28ClN3O4/c1-29-21-14-16(15-26-27-23(25)28)13-20(24)22(21)31-12-11-30-19-9-7-18(8-10-19)17-5-3-2-4-6-17/h7-10,13-15,17H,2-6,11-12H2,1H3,(H3,25,27,28)/b26-15-. The van der Waals surface area contributed by atoms with Crippen molar-refractivity contribution in [2.75, 3.05) is 20.3 Å². The number of hydrogen-bond donors (Lipinski definition) is 2. The Hall–Kier alpha value is -2.93. The van der Waals surface area contributed by atoms with Crippen molar-refractivity contribution in [3.8, 4) is 17.2 Å². The summed E-state index contributed by atoms with van der Waals surface area (Å²) < 4.78 is 16.9. The predicted molar refractivity (Wildman–Crippen MR) is 122 cm³/mol. The number of hydrogen-bond acceptors (Lipinski definition) is 5. The second-order valence-electron chi connectivity index (χ2n) is 7.37. The number of nitrogens with zero attached hydrogens (tertiary/aromatic N) is 1. The summed E-state index contributed by atoms with van der Waals surface area (Å²) in [5.41, 5.74) is 9.11. The number of carbonyl (C=O) groups is 1. The van der Waals surface area contributed by atoms with Crippen molar-refractivity contribution in [2.45, 2.75) is 38.0 Å². The van der Waals surface area contributed by atoms with E-state index in [1.807, 2.05) is 12.1 Å². The first kappa shape index (κ1) is 22.7. The molecule has 1 aliphatic rings. The molecule has 0 heterocycles. The van der Waals surface area contributed by atoms with Crippen molar-refractivity contribution >= 4 is 23.8 Å². The number of urea groups is 1. The van der Waals surface area contributed by atoms with Crippen LogP contribution in [0.4, 0.5) is 4.79 Å². The van der Waals surface area contributed by atoms with Gasteiger partial charge in [-0.3, -0.25) is 0 Å². The van der Waals surface area contributed by atoms with Crippen LogP contribution < -0.4 is 25.4 Å².